The third kappa shape index (κ3) is 2.83. The molecule has 3 rings (SSSR count). The van der Waals surface area contributed by atoms with E-state index in [9.17, 15) is 0 Å². The van der Waals surface area contributed by atoms with Crippen LogP contribution >= 0.6 is 38.6 Å². The molecule has 98 valence electrons. The molecule has 1 N–H and O–H groups in total. The molecule has 2 heterocycles. The lowest BCUT2D eigenvalue weighted by Gasteiger charge is -2.04. The van der Waals surface area contributed by atoms with Gasteiger partial charge in [0.25, 0.3) is 0 Å². The Morgan fingerprint density at radius 3 is 2.79 bits per heavy atom. The molecular formula is C14H13BrN2S2. The smallest absolute Gasteiger partial charge is 0.0907 e. The summed E-state index contributed by atoms with van der Waals surface area (Å²) >= 11 is 7.11. The molecule has 0 unspecified atom stereocenters. The highest BCUT2D eigenvalue weighted by atomic mass is 79.9. The standard InChI is InChI=1S/C14H13BrN2S2/c1-8-12(15)6-11(18-8)7-16-10-3-4-13-14(5-10)19-9(2)17-13/h3-6,16H,7H2,1-2H3. The van der Waals surface area contributed by atoms with Gasteiger partial charge in [0.1, 0.15) is 0 Å². The summed E-state index contributed by atoms with van der Waals surface area (Å²) in [5, 5.41) is 4.59. The van der Waals surface area contributed by atoms with Crippen molar-refractivity contribution in [3.8, 4) is 0 Å². The predicted molar refractivity (Wildman–Crippen MR) is 88.4 cm³/mol. The second kappa shape index (κ2) is 5.23. The second-order valence-electron chi connectivity index (χ2n) is 4.39. The molecule has 0 saturated heterocycles. The Kier molecular flexibility index (Phi) is 3.60. The number of anilines is 1. The van der Waals surface area contributed by atoms with Gasteiger partial charge < -0.3 is 5.32 Å². The summed E-state index contributed by atoms with van der Waals surface area (Å²) in [7, 11) is 0. The first kappa shape index (κ1) is 13.1. The first-order valence-corrected chi connectivity index (χ1v) is 8.40. The van der Waals surface area contributed by atoms with Gasteiger partial charge >= 0.3 is 0 Å². The lowest BCUT2D eigenvalue weighted by atomic mass is 10.3. The Balaban J connectivity index is 1.77. The van der Waals surface area contributed by atoms with Crippen LogP contribution in [0, 0.1) is 13.8 Å². The second-order valence-corrected chi connectivity index (χ2v) is 7.82. The van der Waals surface area contributed by atoms with Crippen LogP contribution in [0.15, 0.2) is 28.7 Å². The van der Waals surface area contributed by atoms with Crippen molar-refractivity contribution >= 4 is 54.5 Å². The molecule has 2 nitrogen and oxygen atoms in total. The lowest BCUT2D eigenvalue weighted by molar-refractivity contribution is 1.19. The van der Waals surface area contributed by atoms with Gasteiger partial charge in [-0.3, -0.25) is 0 Å². The van der Waals surface area contributed by atoms with Crippen molar-refractivity contribution in [1.82, 2.24) is 4.98 Å². The van der Waals surface area contributed by atoms with Gasteiger partial charge in [0.2, 0.25) is 0 Å². The molecule has 0 bridgehead atoms. The summed E-state index contributed by atoms with van der Waals surface area (Å²) in [6, 6.07) is 8.53. The largest absolute Gasteiger partial charge is 0.380 e. The molecule has 0 aliphatic rings. The van der Waals surface area contributed by atoms with Crippen LogP contribution in [0.1, 0.15) is 14.8 Å². The van der Waals surface area contributed by atoms with Crippen LogP contribution in [0.4, 0.5) is 5.69 Å². The maximum absolute atomic E-state index is 4.47. The molecule has 0 spiro atoms. The van der Waals surface area contributed by atoms with E-state index in [1.165, 1.54) is 18.9 Å². The van der Waals surface area contributed by atoms with Crippen LogP contribution < -0.4 is 5.32 Å². The van der Waals surface area contributed by atoms with E-state index in [-0.39, 0.29) is 0 Å². The number of aromatic nitrogens is 1. The van der Waals surface area contributed by atoms with E-state index in [0.717, 1.165) is 22.8 Å². The molecule has 0 aliphatic heterocycles. The van der Waals surface area contributed by atoms with Gasteiger partial charge in [0, 0.05) is 26.5 Å². The minimum absolute atomic E-state index is 0.862. The van der Waals surface area contributed by atoms with Crippen molar-refractivity contribution in [2.45, 2.75) is 20.4 Å². The molecule has 0 fully saturated rings. The number of hydrogen-bond acceptors (Lipinski definition) is 4. The fraction of sp³-hybridized carbons (Fsp3) is 0.214. The van der Waals surface area contributed by atoms with Crippen LogP contribution in [0.5, 0.6) is 0 Å². The third-order valence-corrected chi connectivity index (χ3v) is 5.94. The van der Waals surface area contributed by atoms with E-state index in [4.69, 9.17) is 0 Å². The monoisotopic (exact) mass is 352 g/mol. The number of fused-ring (bicyclic) bond motifs is 1. The van der Waals surface area contributed by atoms with Crippen molar-refractivity contribution in [2.75, 3.05) is 5.32 Å². The van der Waals surface area contributed by atoms with Crippen LogP contribution in [-0.4, -0.2) is 4.98 Å². The SMILES string of the molecule is Cc1nc2ccc(NCc3cc(Br)c(C)s3)cc2s1. The number of thiazole rings is 1. The van der Waals surface area contributed by atoms with Gasteiger partial charge in [0.15, 0.2) is 0 Å². The van der Waals surface area contributed by atoms with Crippen LogP contribution in [0.2, 0.25) is 0 Å². The van der Waals surface area contributed by atoms with E-state index in [1.54, 1.807) is 11.3 Å². The number of rotatable bonds is 3. The van der Waals surface area contributed by atoms with Gasteiger partial charge in [-0.25, -0.2) is 4.98 Å². The van der Waals surface area contributed by atoms with Crippen molar-refractivity contribution in [1.29, 1.82) is 0 Å². The average molecular weight is 353 g/mol. The molecule has 0 radical (unpaired) electrons. The van der Waals surface area contributed by atoms with E-state index < -0.39 is 0 Å². The van der Waals surface area contributed by atoms with E-state index in [1.807, 2.05) is 18.3 Å². The third-order valence-electron chi connectivity index (χ3n) is 2.87. The number of aryl methyl sites for hydroxylation is 2. The van der Waals surface area contributed by atoms with Crippen LogP contribution in [0.3, 0.4) is 0 Å². The average Bonchev–Trinajstić information content (AvgIpc) is 2.88. The Morgan fingerprint density at radius 2 is 2.05 bits per heavy atom. The molecule has 0 atom stereocenters. The molecule has 0 aliphatic carbocycles. The molecule has 19 heavy (non-hydrogen) atoms. The maximum Gasteiger partial charge on any atom is 0.0907 e. The summed E-state index contributed by atoms with van der Waals surface area (Å²) in [6.45, 7) is 5.04. The molecule has 0 saturated carbocycles. The number of halogens is 1. The Morgan fingerprint density at radius 1 is 1.21 bits per heavy atom. The van der Waals surface area contributed by atoms with Crippen LogP contribution in [-0.2, 0) is 6.54 Å². The zero-order valence-electron chi connectivity index (χ0n) is 10.7. The minimum atomic E-state index is 0.862. The van der Waals surface area contributed by atoms with Crippen molar-refractivity contribution in [3.05, 3.63) is 43.5 Å². The maximum atomic E-state index is 4.47. The van der Waals surface area contributed by atoms with Gasteiger partial charge in [0.05, 0.1) is 15.2 Å². The van der Waals surface area contributed by atoms with Gasteiger partial charge in [-0.05, 0) is 54.0 Å². The first-order valence-electron chi connectivity index (χ1n) is 5.98. The molecule has 1 aromatic carbocycles. The summed E-state index contributed by atoms with van der Waals surface area (Å²) in [5.74, 6) is 0. The Hall–Kier alpha value is -0.910. The Labute approximate surface area is 128 Å². The van der Waals surface area contributed by atoms with E-state index in [0.29, 0.717) is 0 Å². The zero-order chi connectivity index (χ0) is 13.4. The molecule has 2 aromatic heterocycles. The van der Waals surface area contributed by atoms with E-state index in [2.05, 4.69) is 57.4 Å². The van der Waals surface area contributed by atoms with Gasteiger partial charge in [-0.2, -0.15) is 0 Å². The number of hydrogen-bond donors (Lipinski definition) is 1. The zero-order valence-corrected chi connectivity index (χ0v) is 13.9. The fourth-order valence-corrected chi connectivity index (χ4v) is 4.35. The molecule has 5 heteroatoms. The summed E-state index contributed by atoms with van der Waals surface area (Å²) in [5.41, 5.74) is 2.24. The fourth-order valence-electron chi connectivity index (χ4n) is 1.94. The molecular weight excluding hydrogens is 340 g/mol. The highest BCUT2D eigenvalue weighted by Crippen LogP contribution is 2.28. The molecule has 0 amide bonds. The highest BCUT2D eigenvalue weighted by Gasteiger charge is 2.04. The predicted octanol–water partition coefficient (Wildman–Crippen LogP) is 5.35. The normalized spacial score (nSPS) is 11.1. The number of nitrogens with one attached hydrogen (secondary N) is 1. The topological polar surface area (TPSA) is 24.9 Å². The minimum Gasteiger partial charge on any atom is -0.380 e. The quantitative estimate of drug-likeness (QED) is 0.687. The van der Waals surface area contributed by atoms with Crippen molar-refractivity contribution < 1.29 is 0 Å². The lowest BCUT2D eigenvalue weighted by Crippen LogP contribution is -1.96. The highest BCUT2D eigenvalue weighted by molar-refractivity contribution is 9.10. The van der Waals surface area contributed by atoms with Crippen molar-refractivity contribution in [3.63, 3.8) is 0 Å². The van der Waals surface area contributed by atoms with E-state index >= 15 is 0 Å². The summed E-state index contributed by atoms with van der Waals surface area (Å²) in [4.78, 5) is 7.14. The van der Waals surface area contributed by atoms with Gasteiger partial charge in [-0.1, -0.05) is 0 Å². The summed E-state index contributed by atoms with van der Waals surface area (Å²) in [6.07, 6.45) is 0. The van der Waals surface area contributed by atoms with Crippen LogP contribution in [0.25, 0.3) is 10.2 Å². The Bertz CT molecular complexity index is 711. The molecule has 3 aromatic rings. The first-order chi connectivity index (χ1) is 9.11. The number of benzene rings is 1. The number of thiophene rings is 1. The van der Waals surface area contributed by atoms with Gasteiger partial charge in [-0.15, -0.1) is 22.7 Å². The van der Waals surface area contributed by atoms with Crippen molar-refractivity contribution in [2.24, 2.45) is 0 Å². The number of nitrogens with zero attached hydrogens (tertiary/aromatic N) is 1. The summed E-state index contributed by atoms with van der Waals surface area (Å²) < 4.78 is 2.44.